The van der Waals surface area contributed by atoms with Crippen LogP contribution in [0.4, 0.5) is 0 Å². The highest BCUT2D eigenvalue weighted by Crippen LogP contribution is 2.19. The van der Waals surface area contributed by atoms with Crippen molar-refractivity contribution in [3.05, 3.63) is 30.3 Å². The second-order valence-electron chi connectivity index (χ2n) is 3.08. The highest BCUT2D eigenvalue weighted by Gasteiger charge is 2.06. The van der Waals surface area contributed by atoms with E-state index in [1.807, 2.05) is 18.2 Å². The molecule has 4 heteroatoms. The quantitative estimate of drug-likeness (QED) is 0.566. The molecule has 0 radical (unpaired) electrons. The Hall–Kier alpha value is -1.02. The van der Waals surface area contributed by atoms with Crippen LogP contribution >= 0.6 is 11.8 Å². The fourth-order valence-electron chi connectivity index (χ4n) is 1.08. The molecule has 0 heterocycles. The van der Waals surface area contributed by atoms with Gasteiger partial charge in [0, 0.05) is 17.2 Å². The van der Waals surface area contributed by atoms with Crippen molar-refractivity contribution in [2.24, 2.45) is 5.92 Å². The van der Waals surface area contributed by atoms with Crippen LogP contribution in [0, 0.1) is 17.2 Å². The monoisotopic (exact) mass is 221 g/mol. The molecule has 0 saturated carbocycles. The maximum atomic E-state index is 8.90. The van der Waals surface area contributed by atoms with E-state index in [1.165, 1.54) is 4.90 Å². The lowest BCUT2D eigenvalue weighted by atomic mass is 10.2. The summed E-state index contributed by atoms with van der Waals surface area (Å²) in [5, 5.41) is 8.90. The SMILES string of the molecule is CNNCC(C#N)CSc1ccccc1. The molecule has 0 bridgehead atoms. The molecule has 0 aliphatic rings. The molecule has 80 valence electrons. The number of thioether (sulfide) groups is 1. The number of rotatable bonds is 6. The van der Waals surface area contributed by atoms with Crippen LogP contribution in [-0.2, 0) is 0 Å². The van der Waals surface area contributed by atoms with Crippen molar-refractivity contribution in [3.63, 3.8) is 0 Å². The third-order valence-corrected chi connectivity index (χ3v) is 3.08. The predicted molar refractivity (Wildman–Crippen MR) is 63.3 cm³/mol. The van der Waals surface area contributed by atoms with Gasteiger partial charge in [-0.05, 0) is 19.2 Å². The summed E-state index contributed by atoms with van der Waals surface area (Å²) in [5.41, 5.74) is 5.77. The normalized spacial score (nSPS) is 12.0. The second-order valence-corrected chi connectivity index (χ2v) is 4.17. The van der Waals surface area contributed by atoms with E-state index in [9.17, 15) is 0 Å². The number of nitrogens with one attached hydrogen (secondary N) is 2. The van der Waals surface area contributed by atoms with E-state index in [0.717, 1.165) is 5.75 Å². The summed E-state index contributed by atoms with van der Waals surface area (Å²) >= 11 is 1.71. The first-order valence-corrected chi connectivity index (χ1v) is 5.82. The van der Waals surface area contributed by atoms with Gasteiger partial charge in [-0.15, -0.1) is 11.8 Å². The van der Waals surface area contributed by atoms with E-state index in [2.05, 4.69) is 29.1 Å². The van der Waals surface area contributed by atoms with Gasteiger partial charge in [-0.1, -0.05) is 18.2 Å². The second kappa shape index (κ2) is 7.30. The molecule has 15 heavy (non-hydrogen) atoms. The molecule has 0 amide bonds. The van der Waals surface area contributed by atoms with Gasteiger partial charge in [0.1, 0.15) is 0 Å². The van der Waals surface area contributed by atoms with E-state index in [0.29, 0.717) is 6.54 Å². The van der Waals surface area contributed by atoms with Crippen LogP contribution in [0.25, 0.3) is 0 Å². The Kier molecular flexibility index (Phi) is 5.86. The maximum Gasteiger partial charge on any atom is 0.0695 e. The van der Waals surface area contributed by atoms with Gasteiger partial charge >= 0.3 is 0 Å². The highest BCUT2D eigenvalue weighted by molar-refractivity contribution is 7.99. The molecule has 1 aromatic rings. The Labute approximate surface area is 94.8 Å². The van der Waals surface area contributed by atoms with Crippen molar-refractivity contribution in [1.29, 1.82) is 5.26 Å². The highest BCUT2D eigenvalue weighted by atomic mass is 32.2. The zero-order valence-electron chi connectivity index (χ0n) is 8.73. The van der Waals surface area contributed by atoms with Crippen molar-refractivity contribution in [3.8, 4) is 6.07 Å². The maximum absolute atomic E-state index is 8.90. The number of benzene rings is 1. The van der Waals surface area contributed by atoms with E-state index in [-0.39, 0.29) is 5.92 Å². The standard InChI is InChI=1S/C11H15N3S/c1-13-14-8-10(7-12)9-15-11-5-3-2-4-6-11/h2-6,10,13-14H,8-9H2,1H3. The molecule has 1 aromatic carbocycles. The molecule has 0 aromatic heterocycles. The summed E-state index contributed by atoms with van der Waals surface area (Å²) in [4.78, 5) is 1.21. The first-order chi connectivity index (χ1) is 7.36. The minimum absolute atomic E-state index is 0.0302. The summed E-state index contributed by atoms with van der Waals surface area (Å²) in [6, 6.07) is 12.4. The minimum atomic E-state index is 0.0302. The fraction of sp³-hybridized carbons (Fsp3) is 0.364. The first-order valence-electron chi connectivity index (χ1n) is 4.84. The van der Waals surface area contributed by atoms with E-state index in [4.69, 9.17) is 5.26 Å². The van der Waals surface area contributed by atoms with Crippen LogP contribution in [0.3, 0.4) is 0 Å². The van der Waals surface area contributed by atoms with Gasteiger partial charge in [-0.3, -0.25) is 10.9 Å². The van der Waals surface area contributed by atoms with Crippen molar-refractivity contribution < 1.29 is 0 Å². The Balaban J connectivity index is 2.32. The summed E-state index contributed by atoms with van der Waals surface area (Å²) in [6.45, 7) is 0.673. The van der Waals surface area contributed by atoms with Gasteiger partial charge in [0.15, 0.2) is 0 Å². The summed E-state index contributed by atoms with van der Waals surface area (Å²) < 4.78 is 0. The average molecular weight is 221 g/mol. The lowest BCUT2D eigenvalue weighted by Gasteiger charge is -2.09. The van der Waals surface area contributed by atoms with Gasteiger partial charge in [-0.25, -0.2) is 0 Å². The van der Waals surface area contributed by atoms with Crippen LogP contribution < -0.4 is 10.9 Å². The third kappa shape index (κ3) is 4.84. The lowest BCUT2D eigenvalue weighted by Crippen LogP contribution is -2.33. The van der Waals surface area contributed by atoms with Crippen LogP contribution in [0.2, 0.25) is 0 Å². The zero-order valence-corrected chi connectivity index (χ0v) is 9.55. The van der Waals surface area contributed by atoms with E-state index >= 15 is 0 Å². The van der Waals surface area contributed by atoms with E-state index in [1.54, 1.807) is 18.8 Å². The molecule has 0 fully saturated rings. The molecule has 0 aliphatic carbocycles. The average Bonchev–Trinajstić information content (AvgIpc) is 2.31. The molecule has 1 rings (SSSR count). The van der Waals surface area contributed by atoms with Crippen molar-refractivity contribution in [2.45, 2.75) is 4.90 Å². The van der Waals surface area contributed by atoms with Crippen LogP contribution in [0.15, 0.2) is 35.2 Å². The van der Waals surface area contributed by atoms with Crippen LogP contribution in [0.1, 0.15) is 0 Å². The summed E-state index contributed by atoms with van der Waals surface area (Å²) in [6.07, 6.45) is 0. The van der Waals surface area contributed by atoms with Gasteiger partial charge in [-0.2, -0.15) is 5.26 Å². The van der Waals surface area contributed by atoms with Gasteiger partial charge in [0.25, 0.3) is 0 Å². The van der Waals surface area contributed by atoms with E-state index < -0.39 is 0 Å². The molecule has 0 spiro atoms. The minimum Gasteiger partial charge on any atom is -0.261 e. The fourth-order valence-corrected chi connectivity index (χ4v) is 2.02. The van der Waals surface area contributed by atoms with Crippen molar-refractivity contribution in [1.82, 2.24) is 10.9 Å². The van der Waals surface area contributed by atoms with Gasteiger partial charge in [0.2, 0.25) is 0 Å². The smallest absolute Gasteiger partial charge is 0.0695 e. The summed E-state index contributed by atoms with van der Waals surface area (Å²) in [7, 11) is 1.80. The molecule has 1 unspecified atom stereocenters. The number of hydrazine groups is 1. The third-order valence-electron chi connectivity index (χ3n) is 1.90. The van der Waals surface area contributed by atoms with Gasteiger partial charge < -0.3 is 0 Å². The Morgan fingerprint density at radius 3 is 2.73 bits per heavy atom. The molecular weight excluding hydrogens is 206 g/mol. The molecule has 3 nitrogen and oxygen atoms in total. The number of nitrogens with zero attached hydrogens (tertiary/aromatic N) is 1. The first kappa shape index (κ1) is 12.1. The number of hydrogen-bond donors (Lipinski definition) is 2. The van der Waals surface area contributed by atoms with Crippen LogP contribution in [-0.4, -0.2) is 19.3 Å². The zero-order chi connectivity index (χ0) is 10.9. The lowest BCUT2D eigenvalue weighted by molar-refractivity contribution is 0.544. The Morgan fingerprint density at radius 1 is 1.40 bits per heavy atom. The summed E-state index contributed by atoms with van der Waals surface area (Å²) in [5.74, 6) is 0.845. The molecule has 0 aliphatic heterocycles. The molecular formula is C11H15N3S. The topological polar surface area (TPSA) is 47.8 Å². The van der Waals surface area contributed by atoms with Crippen molar-refractivity contribution in [2.75, 3.05) is 19.3 Å². The Morgan fingerprint density at radius 2 is 2.13 bits per heavy atom. The molecule has 2 N–H and O–H groups in total. The number of nitriles is 1. The number of hydrogen-bond acceptors (Lipinski definition) is 4. The largest absolute Gasteiger partial charge is 0.261 e. The van der Waals surface area contributed by atoms with Crippen molar-refractivity contribution >= 4 is 11.8 Å². The molecule has 0 saturated heterocycles. The predicted octanol–water partition coefficient (Wildman–Crippen LogP) is 1.64. The molecule has 1 atom stereocenters. The van der Waals surface area contributed by atoms with Gasteiger partial charge in [0.05, 0.1) is 12.0 Å². The Bertz CT molecular complexity index is 307. The van der Waals surface area contributed by atoms with Crippen LogP contribution in [0.5, 0.6) is 0 Å².